The van der Waals surface area contributed by atoms with Crippen molar-refractivity contribution in [3.05, 3.63) is 12.3 Å². The number of hydrogen-bond acceptors (Lipinski definition) is 5. The molecule has 0 aromatic carbocycles. The molecule has 0 saturated heterocycles. The second-order valence-corrected chi connectivity index (χ2v) is 4.10. The van der Waals surface area contributed by atoms with E-state index in [0.717, 1.165) is 12.4 Å². The molecule has 5 heteroatoms. The van der Waals surface area contributed by atoms with E-state index in [0.29, 0.717) is 5.95 Å². The maximum atomic E-state index is 5.24. The van der Waals surface area contributed by atoms with E-state index in [4.69, 9.17) is 5.84 Å². The van der Waals surface area contributed by atoms with Crippen LogP contribution < -0.4 is 16.6 Å². The molecule has 0 aliphatic carbocycles. The Morgan fingerprint density at radius 3 is 2.71 bits per heavy atom. The molecule has 17 heavy (non-hydrogen) atoms. The topological polar surface area (TPSA) is 75.9 Å². The Morgan fingerprint density at radius 1 is 1.18 bits per heavy atom. The lowest BCUT2D eigenvalue weighted by atomic mass is 10.1. The van der Waals surface area contributed by atoms with Gasteiger partial charge in [0.05, 0.1) is 0 Å². The smallest absolute Gasteiger partial charge is 0.239 e. The number of nitrogens with one attached hydrogen (secondary N) is 2. The number of unbranched alkanes of at least 4 members (excludes halogenated alkanes) is 5. The number of hydrazine groups is 1. The molecule has 0 amide bonds. The van der Waals surface area contributed by atoms with E-state index in [-0.39, 0.29) is 0 Å². The van der Waals surface area contributed by atoms with Gasteiger partial charge >= 0.3 is 0 Å². The van der Waals surface area contributed by atoms with Crippen LogP contribution in [-0.2, 0) is 0 Å². The maximum Gasteiger partial charge on any atom is 0.239 e. The molecular formula is C12H23N5. The third-order valence-corrected chi connectivity index (χ3v) is 2.62. The Bertz CT molecular complexity index is 303. The van der Waals surface area contributed by atoms with E-state index < -0.39 is 0 Å². The van der Waals surface area contributed by atoms with Crippen LogP contribution in [0.2, 0.25) is 0 Å². The van der Waals surface area contributed by atoms with Gasteiger partial charge in [-0.25, -0.2) is 10.8 Å². The molecule has 1 heterocycles. The van der Waals surface area contributed by atoms with Crippen molar-refractivity contribution >= 4 is 11.8 Å². The van der Waals surface area contributed by atoms with Crippen molar-refractivity contribution in [2.24, 2.45) is 5.84 Å². The van der Waals surface area contributed by atoms with E-state index in [1.807, 2.05) is 6.07 Å². The predicted octanol–water partition coefficient (Wildman–Crippen LogP) is 2.53. The zero-order valence-corrected chi connectivity index (χ0v) is 10.6. The number of nitrogen functional groups attached to an aromatic ring is 1. The Morgan fingerprint density at radius 2 is 1.94 bits per heavy atom. The summed E-state index contributed by atoms with van der Waals surface area (Å²) in [6.07, 6.45) is 9.48. The second kappa shape index (κ2) is 8.75. The Hall–Kier alpha value is -1.36. The summed E-state index contributed by atoms with van der Waals surface area (Å²) in [4.78, 5) is 8.13. The number of aromatic nitrogens is 2. The summed E-state index contributed by atoms with van der Waals surface area (Å²) >= 11 is 0. The normalized spacial score (nSPS) is 10.2. The molecule has 0 fully saturated rings. The third-order valence-electron chi connectivity index (χ3n) is 2.62. The van der Waals surface area contributed by atoms with Crippen molar-refractivity contribution in [3.63, 3.8) is 0 Å². The highest BCUT2D eigenvalue weighted by Gasteiger charge is 1.96. The fraction of sp³-hybridized carbons (Fsp3) is 0.667. The molecule has 0 spiro atoms. The van der Waals surface area contributed by atoms with Crippen molar-refractivity contribution < 1.29 is 0 Å². The van der Waals surface area contributed by atoms with Gasteiger partial charge in [0.2, 0.25) is 5.95 Å². The van der Waals surface area contributed by atoms with E-state index in [2.05, 4.69) is 27.6 Å². The van der Waals surface area contributed by atoms with Gasteiger partial charge in [0.15, 0.2) is 0 Å². The van der Waals surface area contributed by atoms with Gasteiger partial charge < -0.3 is 5.32 Å². The van der Waals surface area contributed by atoms with Gasteiger partial charge in [0.1, 0.15) is 5.82 Å². The van der Waals surface area contributed by atoms with E-state index >= 15 is 0 Å². The van der Waals surface area contributed by atoms with Crippen LogP contribution in [0.5, 0.6) is 0 Å². The molecule has 96 valence electrons. The lowest BCUT2D eigenvalue weighted by Crippen LogP contribution is -2.12. The van der Waals surface area contributed by atoms with Crippen LogP contribution in [0.15, 0.2) is 12.3 Å². The zero-order chi connectivity index (χ0) is 12.3. The minimum Gasteiger partial charge on any atom is -0.370 e. The van der Waals surface area contributed by atoms with Gasteiger partial charge in [0, 0.05) is 12.7 Å². The van der Waals surface area contributed by atoms with Crippen LogP contribution in [0.3, 0.4) is 0 Å². The molecule has 0 aliphatic heterocycles. The fourth-order valence-corrected chi connectivity index (χ4v) is 1.65. The maximum absolute atomic E-state index is 5.24. The summed E-state index contributed by atoms with van der Waals surface area (Å²) in [6, 6.07) is 1.85. The van der Waals surface area contributed by atoms with Gasteiger partial charge in [0.25, 0.3) is 0 Å². The van der Waals surface area contributed by atoms with Crippen LogP contribution in [0, 0.1) is 0 Å². The molecular weight excluding hydrogens is 214 g/mol. The molecule has 0 saturated carbocycles. The van der Waals surface area contributed by atoms with Crippen molar-refractivity contribution in [1.29, 1.82) is 0 Å². The van der Waals surface area contributed by atoms with Gasteiger partial charge in [-0.3, -0.25) is 5.43 Å². The van der Waals surface area contributed by atoms with Crippen LogP contribution in [-0.4, -0.2) is 16.5 Å². The average molecular weight is 237 g/mol. The molecule has 5 nitrogen and oxygen atoms in total. The molecule has 0 radical (unpaired) electrons. The van der Waals surface area contributed by atoms with Gasteiger partial charge in [-0.1, -0.05) is 39.0 Å². The van der Waals surface area contributed by atoms with Crippen LogP contribution >= 0.6 is 0 Å². The van der Waals surface area contributed by atoms with E-state index in [9.17, 15) is 0 Å². The molecule has 1 aromatic heterocycles. The Kier molecular flexibility index (Phi) is 7.06. The summed E-state index contributed by atoms with van der Waals surface area (Å²) in [6.45, 7) is 3.19. The van der Waals surface area contributed by atoms with Crippen LogP contribution in [0.1, 0.15) is 45.4 Å². The highest BCUT2D eigenvalue weighted by Crippen LogP contribution is 2.07. The van der Waals surface area contributed by atoms with E-state index in [1.165, 1.54) is 38.5 Å². The fourth-order valence-electron chi connectivity index (χ4n) is 1.65. The summed E-state index contributed by atoms with van der Waals surface area (Å²) < 4.78 is 0. The van der Waals surface area contributed by atoms with E-state index in [1.54, 1.807) is 6.20 Å². The number of nitrogens with zero attached hydrogens (tertiary/aromatic N) is 2. The third kappa shape index (κ3) is 6.06. The van der Waals surface area contributed by atoms with Gasteiger partial charge in [-0.05, 0) is 12.5 Å². The second-order valence-electron chi connectivity index (χ2n) is 4.10. The first-order valence-electron chi connectivity index (χ1n) is 6.40. The first-order valence-corrected chi connectivity index (χ1v) is 6.40. The first-order chi connectivity index (χ1) is 8.36. The Labute approximate surface area is 103 Å². The van der Waals surface area contributed by atoms with Crippen molar-refractivity contribution in [3.8, 4) is 0 Å². The number of anilines is 2. The van der Waals surface area contributed by atoms with Crippen LogP contribution in [0.25, 0.3) is 0 Å². The number of rotatable bonds is 9. The standard InChI is InChI=1S/C12H23N5/c1-2-3-4-5-6-7-9-14-11-8-10-15-12(16-11)17-13/h8,10H,2-7,9,13H2,1H3,(H2,14,15,16,17). The number of hydrogen-bond donors (Lipinski definition) is 3. The SMILES string of the molecule is CCCCCCCCNc1ccnc(NN)n1. The molecule has 4 N–H and O–H groups in total. The molecule has 0 atom stereocenters. The largest absolute Gasteiger partial charge is 0.370 e. The highest BCUT2D eigenvalue weighted by atomic mass is 15.3. The van der Waals surface area contributed by atoms with Crippen molar-refractivity contribution in [2.75, 3.05) is 17.3 Å². The summed E-state index contributed by atoms with van der Waals surface area (Å²) in [5, 5.41) is 3.26. The lowest BCUT2D eigenvalue weighted by molar-refractivity contribution is 0.617. The molecule has 0 aliphatic rings. The molecule has 1 aromatic rings. The minimum atomic E-state index is 0.443. The summed E-state index contributed by atoms with van der Waals surface area (Å²) in [5.74, 6) is 6.50. The zero-order valence-electron chi connectivity index (χ0n) is 10.6. The van der Waals surface area contributed by atoms with Crippen LogP contribution in [0.4, 0.5) is 11.8 Å². The highest BCUT2D eigenvalue weighted by molar-refractivity contribution is 5.38. The molecule has 0 bridgehead atoms. The minimum absolute atomic E-state index is 0.443. The van der Waals surface area contributed by atoms with Gasteiger partial charge in [-0.2, -0.15) is 4.98 Å². The summed E-state index contributed by atoms with van der Waals surface area (Å²) in [7, 11) is 0. The van der Waals surface area contributed by atoms with Crippen molar-refractivity contribution in [2.45, 2.75) is 45.4 Å². The predicted molar refractivity (Wildman–Crippen MR) is 71.7 cm³/mol. The monoisotopic (exact) mass is 237 g/mol. The molecule has 1 rings (SSSR count). The van der Waals surface area contributed by atoms with Gasteiger partial charge in [-0.15, -0.1) is 0 Å². The van der Waals surface area contributed by atoms with Crippen molar-refractivity contribution in [1.82, 2.24) is 9.97 Å². The average Bonchev–Trinajstić information content (AvgIpc) is 2.38. The first kappa shape index (κ1) is 13.7. The number of nitrogens with two attached hydrogens (primary N) is 1. The molecule has 0 unspecified atom stereocenters. The lowest BCUT2D eigenvalue weighted by Gasteiger charge is -2.06. The summed E-state index contributed by atoms with van der Waals surface area (Å²) in [5.41, 5.74) is 2.43. The Balaban J connectivity index is 2.09. The quantitative estimate of drug-likeness (QED) is 0.349.